The second kappa shape index (κ2) is 5.43. The highest BCUT2D eigenvalue weighted by molar-refractivity contribution is 9.10. The van der Waals surface area contributed by atoms with E-state index in [4.69, 9.17) is 0 Å². The lowest BCUT2D eigenvalue weighted by molar-refractivity contribution is -0.127. The number of halogens is 1. The van der Waals surface area contributed by atoms with Crippen LogP contribution in [0.2, 0.25) is 0 Å². The van der Waals surface area contributed by atoms with E-state index < -0.39 is 0 Å². The van der Waals surface area contributed by atoms with Gasteiger partial charge in [-0.3, -0.25) is 9.69 Å². The summed E-state index contributed by atoms with van der Waals surface area (Å²) in [7, 11) is 1.98. The third-order valence-electron chi connectivity index (χ3n) is 2.30. The largest absolute Gasteiger partial charge is 0.298 e. The van der Waals surface area contributed by atoms with Crippen molar-refractivity contribution < 1.29 is 4.79 Å². The molecule has 16 heavy (non-hydrogen) atoms. The lowest BCUT2D eigenvalue weighted by Crippen LogP contribution is -2.33. The Hall–Kier alpha value is -0.190. The van der Waals surface area contributed by atoms with Gasteiger partial charge in [-0.15, -0.1) is 11.3 Å². The van der Waals surface area contributed by atoms with E-state index in [0.717, 1.165) is 11.0 Å². The summed E-state index contributed by atoms with van der Waals surface area (Å²) in [6, 6.07) is 2.10. The van der Waals surface area contributed by atoms with Crippen LogP contribution in [0.1, 0.15) is 25.6 Å². The molecule has 1 aromatic rings. The maximum atomic E-state index is 11.8. The van der Waals surface area contributed by atoms with Crippen molar-refractivity contribution in [3.8, 4) is 0 Å². The van der Waals surface area contributed by atoms with Gasteiger partial charge in [0.2, 0.25) is 0 Å². The number of nitrogens with zero attached hydrogens (tertiary/aromatic N) is 1. The van der Waals surface area contributed by atoms with Gasteiger partial charge in [0, 0.05) is 26.7 Å². The van der Waals surface area contributed by atoms with Crippen molar-refractivity contribution in [3.63, 3.8) is 0 Å². The van der Waals surface area contributed by atoms with Crippen LogP contribution in [0.3, 0.4) is 0 Å². The summed E-state index contributed by atoms with van der Waals surface area (Å²) in [5, 5.41) is 2.06. The topological polar surface area (TPSA) is 20.3 Å². The third kappa shape index (κ3) is 4.36. The molecule has 0 aromatic carbocycles. The molecule has 1 aromatic heterocycles. The fourth-order valence-corrected chi connectivity index (χ4v) is 2.77. The van der Waals surface area contributed by atoms with Gasteiger partial charge in [-0.25, -0.2) is 0 Å². The van der Waals surface area contributed by atoms with Gasteiger partial charge in [-0.05, 0) is 29.0 Å². The lowest BCUT2D eigenvalue weighted by atomic mass is 9.90. The predicted molar refractivity (Wildman–Crippen MR) is 72.8 cm³/mol. The molecule has 0 N–H and O–H groups in total. The number of carbonyl (C=O) groups excluding carboxylic acids is 1. The minimum atomic E-state index is -0.246. The van der Waals surface area contributed by atoms with Crippen molar-refractivity contribution in [3.05, 3.63) is 20.8 Å². The number of rotatable bonds is 4. The van der Waals surface area contributed by atoms with Crippen molar-refractivity contribution in [2.45, 2.75) is 27.3 Å². The third-order valence-corrected chi connectivity index (χ3v) is 3.98. The molecule has 0 saturated carbocycles. The van der Waals surface area contributed by atoms with E-state index in [1.54, 1.807) is 11.3 Å². The number of hydrogen-bond acceptors (Lipinski definition) is 3. The Balaban J connectivity index is 2.48. The molecular formula is C12H18BrNOS. The van der Waals surface area contributed by atoms with Gasteiger partial charge in [-0.1, -0.05) is 20.8 Å². The maximum Gasteiger partial charge on any atom is 0.152 e. The van der Waals surface area contributed by atoms with Crippen molar-refractivity contribution in [1.82, 2.24) is 4.90 Å². The fourth-order valence-electron chi connectivity index (χ4n) is 1.24. The van der Waals surface area contributed by atoms with E-state index >= 15 is 0 Å². The van der Waals surface area contributed by atoms with Gasteiger partial charge in [0.15, 0.2) is 5.78 Å². The van der Waals surface area contributed by atoms with Crippen LogP contribution in [0.5, 0.6) is 0 Å². The van der Waals surface area contributed by atoms with E-state index in [1.807, 2.05) is 27.8 Å². The predicted octanol–water partition coefficient (Wildman–Crippen LogP) is 3.56. The molecule has 1 heterocycles. The standard InChI is InChI=1S/C12H18BrNOS/c1-12(2,3)11(15)7-14(4)6-10-5-9(13)8-16-10/h5,8H,6-7H2,1-4H3. The summed E-state index contributed by atoms with van der Waals surface area (Å²) in [5.74, 6) is 0.283. The first kappa shape index (κ1) is 13.9. The molecule has 0 spiro atoms. The van der Waals surface area contributed by atoms with Crippen LogP contribution < -0.4 is 0 Å². The maximum absolute atomic E-state index is 11.8. The number of likely N-dealkylation sites (N-methyl/N-ethyl adjacent to an activating group) is 1. The summed E-state index contributed by atoms with van der Waals surface area (Å²) < 4.78 is 1.11. The van der Waals surface area contributed by atoms with Gasteiger partial charge in [0.25, 0.3) is 0 Å². The van der Waals surface area contributed by atoms with Crippen LogP contribution in [0.25, 0.3) is 0 Å². The van der Waals surface area contributed by atoms with Crippen molar-refractivity contribution in [2.75, 3.05) is 13.6 Å². The van der Waals surface area contributed by atoms with Gasteiger partial charge >= 0.3 is 0 Å². The van der Waals surface area contributed by atoms with Crippen molar-refractivity contribution in [2.24, 2.45) is 5.41 Å². The van der Waals surface area contributed by atoms with Crippen molar-refractivity contribution in [1.29, 1.82) is 0 Å². The molecule has 90 valence electrons. The first-order valence-corrected chi connectivity index (χ1v) is 6.91. The molecule has 2 nitrogen and oxygen atoms in total. The number of hydrogen-bond donors (Lipinski definition) is 0. The van der Waals surface area contributed by atoms with Crippen LogP contribution in [0.4, 0.5) is 0 Å². The van der Waals surface area contributed by atoms with Gasteiger partial charge in [0.1, 0.15) is 0 Å². The summed E-state index contributed by atoms with van der Waals surface area (Å²) in [6.45, 7) is 7.23. The molecule has 0 bridgehead atoms. The molecule has 4 heteroatoms. The van der Waals surface area contributed by atoms with Crippen LogP contribution >= 0.6 is 27.3 Å². The average molecular weight is 304 g/mol. The van der Waals surface area contributed by atoms with E-state index in [2.05, 4.69) is 32.3 Å². The Morgan fingerprint density at radius 3 is 2.56 bits per heavy atom. The normalized spacial score (nSPS) is 12.1. The highest BCUT2D eigenvalue weighted by atomic mass is 79.9. The molecule has 0 atom stereocenters. The zero-order valence-corrected chi connectivity index (χ0v) is 12.6. The zero-order valence-electron chi connectivity index (χ0n) is 10.2. The van der Waals surface area contributed by atoms with Gasteiger partial charge in [-0.2, -0.15) is 0 Å². The van der Waals surface area contributed by atoms with Gasteiger partial charge in [0.05, 0.1) is 6.54 Å². The number of thiophene rings is 1. The van der Waals surface area contributed by atoms with Crippen molar-refractivity contribution >= 4 is 33.0 Å². The van der Waals surface area contributed by atoms with Crippen LogP contribution in [0, 0.1) is 5.41 Å². The molecule has 0 saturated heterocycles. The Bertz CT molecular complexity index is 367. The molecule has 0 aliphatic rings. The molecule has 0 aliphatic heterocycles. The van der Waals surface area contributed by atoms with Gasteiger partial charge < -0.3 is 0 Å². The minimum Gasteiger partial charge on any atom is -0.298 e. The second-order valence-corrected chi connectivity index (χ2v) is 6.99. The highest BCUT2D eigenvalue weighted by Crippen LogP contribution is 2.21. The second-order valence-electron chi connectivity index (χ2n) is 5.08. The summed E-state index contributed by atoms with van der Waals surface area (Å²) in [6.07, 6.45) is 0. The smallest absolute Gasteiger partial charge is 0.152 e. The Kier molecular flexibility index (Phi) is 4.71. The molecule has 0 radical (unpaired) electrons. The number of carbonyl (C=O) groups is 1. The lowest BCUT2D eigenvalue weighted by Gasteiger charge is -2.21. The monoisotopic (exact) mass is 303 g/mol. The van der Waals surface area contributed by atoms with E-state index in [9.17, 15) is 4.79 Å². The SMILES string of the molecule is CN(CC(=O)C(C)(C)C)Cc1cc(Br)cs1. The quantitative estimate of drug-likeness (QED) is 0.848. The van der Waals surface area contributed by atoms with E-state index in [1.165, 1.54) is 4.88 Å². The Morgan fingerprint density at radius 1 is 1.50 bits per heavy atom. The summed E-state index contributed by atoms with van der Waals surface area (Å²) in [4.78, 5) is 15.2. The minimum absolute atomic E-state index is 0.246. The molecule has 0 unspecified atom stereocenters. The van der Waals surface area contributed by atoms with E-state index in [0.29, 0.717) is 6.54 Å². The molecule has 0 aliphatic carbocycles. The molecular weight excluding hydrogens is 286 g/mol. The van der Waals surface area contributed by atoms with E-state index in [-0.39, 0.29) is 11.2 Å². The highest BCUT2D eigenvalue weighted by Gasteiger charge is 2.22. The number of Topliss-reactive ketones (excluding diaryl/α,β-unsaturated/α-hetero) is 1. The van der Waals surface area contributed by atoms with Crippen LogP contribution in [-0.4, -0.2) is 24.3 Å². The molecule has 1 rings (SSSR count). The first-order valence-electron chi connectivity index (χ1n) is 5.24. The summed E-state index contributed by atoms with van der Waals surface area (Å²) in [5.41, 5.74) is -0.246. The Morgan fingerprint density at radius 2 is 2.12 bits per heavy atom. The average Bonchev–Trinajstić information content (AvgIpc) is 2.49. The van der Waals surface area contributed by atoms with Crippen LogP contribution in [0.15, 0.2) is 15.9 Å². The number of ketones is 1. The zero-order chi connectivity index (χ0) is 12.3. The summed E-state index contributed by atoms with van der Waals surface area (Å²) >= 11 is 5.14. The fraction of sp³-hybridized carbons (Fsp3) is 0.583. The molecule has 0 fully saturated rings. The molecule has 0 amide bonds. The van der Waals surface area contributed by atoms with Crippen LogP contribution in [-0.2, 0) is 11.3 Å². The first-order chi connectivity index (χ1) is 7.29. The Labute approximate surface area is 110 Å².